The Morgan fingerprint density at radius 2 is 1.89 bits per heavy atom. The van der Waals surface area contributed by atoms with Crippen LogP contribution < -0.4 is 0 Å². The molecule has 8 nitrogen and oxygen atoms in total. The molecule has 2 saturated heterocycles. The lowest BCUT2D eigenvalue weighted by Gasteiger charge is -2.38. The van der Waals surface area contributed by atoms with E-state index in [0.717, 1.165) is 17.2 Å². The largest absolute Gasteiger partial charge is 0.478 e. The van der Waals surface area contributed by atoms with Gasteiger partial charge in [0.15, 0.2) is 0 Å². The van der Waals surface area contributed by atoms with Crippen molar-refractivity contribution in [1.82, 2.24) is 14.7 Å². The van der Waals surface area contributed by atoms with Crippen molar-refractivity contribution < 1.29 is 37.4 Å². The standard InChI is InChI=1S/C32H29ClF3N3O5/c33-22-3-1-2-21(32(8-9-32)30(35)36)25(22)28(41)39-24-13-17(27(40)38-11-10-31(14-38)15-44-16-31)4-7-20(24)26(37-39)19-6-5-18(29(42)43)12-23(19)34/h1-3,5-6,12,17,30H,4,7-11,13-16H2,(H,42,43). The number of nitrogens with zero attached hydrogens (tertiary/aromatic N) is 3. The van der Waals surface area contributed by atoms with Crippen molar-refractivity contribution in [2.45, 2.75) is 50.4 Å². The summed E-state index contributed by atoms with van der Waals surface area (Å²) < 4.78 is 50.3. The van der Waals surface area contributed by atoms with Gasteiger partial charge in [-0.2, -0.15) is 9.78 Å². The second-order valence-electron chi connectivity index (χ2n) is 12.6. The van der Waals surface area contributed by atoms with Crippen LogP contribution in [0.5, 0.6) is 0 Å². The number of amides is 1. The summed E-state index contributed by atoms with van der Waals surface area (Å²) in [7, 11) is 0. The molecule has 1 atom stereocenters. The number of hydrogen-bond donors (Lipinski definition) is 1. The summed E-state index contributed by atoms with van der Waals surface area (Å²) in [6.07, 6.45) is -0.539. The number of aromatic carboxylic acids is 1. The van der Waals surface area contributed by atoms with E-state index in [1.165, 1.54) is 30.3 Å². The fourth-order valence-corrected chi connectivity index (χ4v) is 7.31. The highest BCUT2D eigenvalue weighted by Crippen LogP contribution is 2.54. The molecule has 2 aromatic carbocycles. The molecule has 3 heterocycles. The molecular weight excluding hydrogens is 599 g/mol. The molecule has 3 fully saturated rings. The Kier molecular flexibility index (Phi) is 6.89. The van der Waals surface area contributed by atoms with E-state index in [9.17, 15) is 28.3 Å². The maximum atomic E-state index is 15.3. The number of carboxylic acids is 1. The fraction of sp³-hybridized carbons (Fsp3) is 0.438. The average molecular weight is 628 g/mol. The van der Waals surface area contributed by atoms with E-state index in [4.69, 9.17) is 16.3 Å². The molecule has 7 rings (SSSR count). The summed E-state index contributed by atoms with van der Waals surface area (Å²) >= 11 is 6.51. The Hall–Kier alpha value is -3.70. The molecule has 12 heteroatoms. The topological polar surface area (TPSA) is 102 Å². The number of carbonyl (C=O) groups is 3. The van der Waals surface area contributed by atoms with Gasteiger partial charge < -0.3 is 14.7 Å². The van der Waals surface area contributed by atoms with Crippen molar-refractivity contribution in [2.24, 2.45) is 11.3 Å². The number of carboxylic acid groups (broad SMARTS) is 1. The summed E-state index contributed by atoms with van der Waals surface area (Å²) in [5, 5.41) is 13.8. The molecule has 4 aliphatic rings. The highest BCUT2D eigenvalue weighted by molar-refractivity contribution is 6.34. The predicted octanol–water partition coefficient (Wildman–Crippen LogP) is 5.38. The van der Waals surface area contributed by atoms with Gasteiger partial charge in [0.1, 0.15) is 5.82 Å². The summed E-state index contributed by atoms with van der Waals surface area (Å²) in [4.78, 5) is 41.2. The first kappa shape index (κ1) is 29.0. The average Bonchev–Trinajstić information content (AvgIpc) is 3.53. The number of carbonyl (C=O) groups excluding carboxylic acids is 2. The monoisotopic (exact) mass is 627 g/mol. The van der Waals surface area contributed by atoms with Gasteiger partial charge in [-0.05, 0) is 61.9 Å². The van der Waals surface area contributed by atoms with Crippen LogP contribution in [-0.4, -0.2) is 70.3 Å². The van der Waals surface area contributed by atoms with Gasteiger partial charge >= 0.3 is 5.97 Å². The highest BCUT2D eigenvalue weighted by atomic mass is 35.5. The van der Waals surface area contributed by atoms with Crippen LogP contribution in [0, 0.1) is 17.2 Å². The van der Waals surface area contributed by atoms with Gasteiger partial charge in [-0.1, -0.05) is 23.7 Å². The van der Waals surface area contributed by atoms with Crippen molar-refractivity contribution in [1.29, 1.82) is 0 Å². The minimum Gasteiger partial charge on any atom is -0.478 e. The lowest BCUT2D eigenvalue weighted by atomic mass is 9.84. The molecular formula is C32H29ClF3N3O5. The van der Waals surface area contributed by atoms with Crippen LogP contribution in [0.1, 0.15) is 63.2 Å². The van der Waals surface area contributed by atoms with Gasteiger partial charge in [-0.15, -0.1) is 0 Å². The van der Waals surface area contributed by atoms with E-state index < -0.39 is 35.5 Å². The second kappa shape index (κ2) is 10.4. The Labute approximate surface area is 255 Å². The first-order valence-corrected chi connectivity index (χ1v) is 15.0. The van der Waals surface area contributed by atoms with Crippen LogP contribution in [0.4, 0.5) is 13.2 Å². The summed E-state index contributed by atoms with van der Waals surface area (Å²) in [5.74, 6) is -3.36. The van der Waals surface area contributed by atoms with Crippen molar-refractivity contribution >= 4 is 29.4 Å². The van der Waals surface area contributed by atoms with E-state index in [-0.39, 0.29) is 63.6 Å². The third kappa shape index (κ3) is 4.54. The zero-order valence-electron chi connectivity index (χ0n) is 23.6. The SMILES string of the molecule is O=C(O)c1ccc(-c2nn(C(=O)c3c(Cl)cccc3C3(C(F)F)CC3)c3c2CCC(C(=O)N2CCC4(COC4)C2)C3)c(F)c1. The summed E-state index contributed by atoms with van der Waals surface area (Å²) in [5.41, 5.74) is -0.591. The Bertz CT molecular complexity index is 1710. The van der Waals surface area contributed by atoms with Crippen LogP contribution in [-0.2, 0) is 27.8 Å². The third-order valence-electron chi connectivity index (χ3n) is 9.82. The molecule has 0 bridgehead atoms. The number of alkyl halides is 2. The normalized spacial score (nSPS) is 21.3. The minimum atomic E-state index is -2.71. The van der Waals surface area contributed by atoms with Gasteiger partial charge in [0.25, 0.3) is 5.91 Å². The number of likely N-dealkylation sites (tertiary alicyclic amines) is 1. The number of ether oxygens (including phenoxy) is 1. The first-order valence-electron chi connectivity index (χ1n) is 14.7. The number of aromatic nitrogens is 2. The Morgan fingerprint density at radius 3 is 2.50 bits per heavy atom. The van der Waals surface area contributed by atoms with Crippen molar-refractivity contribution in [3.63, 3.8) is 0 Å². The Balaban J connectivity index is 1.31. The lowest BCUT2D eigenvalue weighted by molar-refractivity contribution is -0.139. The van der Waals surface area contributed by atoms with Crippen LogP contribution in [0.25, 0.3) is 11.3 Å². The zero-order chi connectivity index (χ0) is 31.0. The van der Waals surface area contributed by atoms with E-state index in [1.807, 2.05) is 4.90 Å². The van der Waals surface area contributed by atoms with Crippen LogP contribution in [0.2, 0.25) is 5.02 Å². The van der Waals surface area contributed by atoms with Crippen LogP contribution >= 0.6 is 11.6 Å². The van der Waals surface area contributed by atoms with E-state index in [2.05, 4.69) is 5.10 Å². The number of rotatable bonds is 6. The van der Waals surface area contributed by atoms with Crippen molar-refractivity contribution in [2.75, 3.05) is 26.3 Å². The molecule has 2 aliphatic carbocycles. The molecule has 1 amide bonds. The molecule has 44 heavy (non-hydrogen) atoms. The molecule has 1 aromatic heterocycles. The predicted molar refractivity (Wildman–Crippen MR) is 153 cm³/mol. The zero-order valence-corrected chi connectivity index (χ0v) is 24.4. The fourth-order valence-electron chi connectivity index (χ4n) is 7.06. The quantitative estimate of drug-likeness (QED) is 0.394. The van der Waals surface area contributed by atoms with Gasteiger partial charge in [-0.25, -0.2) is 18.0 Å². The minimum absolute atomic E-state index is 0.000305. The summed E-state index contributed by atoms with van der Waals surface area (Å²) in [6, 6.07) is 7.92. The van der Waals surface area contributed by atoms with Crippen LogP contribution in [0.3, 0.4) is 0 Å². The van der Waals surface area contributed by atoms with E-state index in [0.29, 0.717) is 50.4 Å². The molecule has 1 saturated carbocycles. The first-order chi connectivity index (χ1) is 21.0. The van der Waals surface area contributed by atoms with Gasteiger partial charge in [0, 0.05) is 42.0 Å². The highest BCUT2D eigenvalue weighted by Gasteiger charge is 2.54. The molecule has 3 aromatic rings. The van der Waals surface area contributed by atoms with E-state index in [1.54, 1.807) is 0 Å². The molecule has 1 N–H and O–H groups in total. The maximum absolute atomic E-state index is 15.3. The summed E-state index contributed by atoms with van der Waals surface area (Å²) in [6.45, 7) is 2.48. The Morgan fingerprint density at radius 1 is 1.11 bits per heavy atom. The smallest absolute Gasteiger partial charge is 0.335 e. The maximum Gasteiger partial charge on any atom is 0.335 e. The van der Waals surface area contributed by atoms with E-state index >= 15 is 4.39 Å². The molecule has 230 valence electrons. The second-order valence-corrected chi connectivity index (χ2v) is 13.0. The van der Waals surface area contributed by atoms with Crippen molar-refractivity contribution in [3.8, 4) is 11.3 Å². The number of fused-ring (bicyclic) bond motifs is 1. The van der Waals surface area contributed by atoms with Gasteiger partial charge in [0.05, 0.1) is 46.2 Å². The third-order valence-corrected chi connectivity index (χ3v) is 10.1. The number of halogens is 4. The molecule has 1 unspecified atom stereocenters. The van der Waals surface area contributed by atoms with Gasteiger partial charge in [-0.3, -0.25) is 9.59 Å². The van der Waals surface area contributed by atoms with Crippen molar-refractivity contribution in [3.05, 3.63) is 75.2 Å². The molecule has 2 aliphatic heterocycles. The molecule has 1 spiro atoms. The lowest BCUT2D eigenvalue weighted by Crippen LogP contribution is -2.46. The van der Waals surface area contributed by atoms with Crippen LogP contribution in [0.15, 0.2) is 36.4 Å². The number of hydrogen-bond acceptors (Lipinski definition) is 5. The number of benzene rings is 2. The molecule has 0 radical (unpaired) electrons. The van der Waals surface area contributed by atoms with Gasteiger partial charge in [0.2, 0.25) is 12.3 Å².